The van der Waals surface area contributed by atoms with E-state index in [4.69, 9.17) is 9.47 Å². The van der Waals surface area contributed by atoms with Crippen LogP contribution in [0, 0.1) is 0 Å². The summed E-state index contributed by atoms with van der Waals surface area (Å²) in [6.07, 6.45) is 0.746. The number of para-hydroxylation sites is 1. The summed E-state index contributed by atoms with van der Waals surface area (Å²) in [4.78, 5) is 28.7. The zero-order valence-electron chi connectivity index (χ0n) is 15.3. The predicted octanol–water partition coefficient (Wildman–Crippen LogP) is 3.00. The number of fused-ring (bicyclic) bond motifs is 3. The number of amides is 2. The Labute approximate surface area is 158 Å². The van der Waals surface area contributed by atoms with Gasteiger partial charge in [0, 0.05) is 13.1 Å². The van der Waals surface area contributed by atoms with Gasteiger partial charge in [-0.1, -0.05) is 30.3 Å². The highest BCUT2D eigenvalue weighted by Gasteiger charge is 2.37. The van der Waals surface area contributed by atoms with Crippen LogP contribution >= 0.6 is 0 Å². The van der Waals surface area contributed by atoms with Gasteiger partial charge in [0.05, 0.1) is 25.3 Å². The van der Waals surface area contributed by atoms with Gasteiger partial charge in [0.1, 0.15) is 12.4 Å². The molecule has 4 rings (SSSR count). The molecular formula is C21H22N2O4. The minimum atomic E-state index is -0.301. The summed E-state index contributed by atoms with van der Waals surface area (Å²) in [5.74, 6) is 0.853. The maximum absolute atomic E-state index is 12.9. The van der Waals surface area contributed by atoms with E-state index in [0.29, 0.717) is 32.5 Å². The molecule has 0 aliphatic carbocycles. The fourth-order valence-electron chi connectivity index (χ4n) is 3.68. The van der Waals surface area contributed by atoms with E-state index >= 15 is 0 Å². The van der Waals surface area contributed by atoms with Gasteiger partial charge in [-0.3, -0.25) is 9.69 Å². The lowest BCUT2D eigenvalue weighted by Gasteiger charge is -2.32. The Hall–Kier alpha value is -3.02. The van der Waals surface area contributed by atoms with Crippen molar-refractivity contribution >= 4 is 17.7 Å². The van der Waals surface area contributed by atoms with Crippen molar-refractivity contribution < 1.29 is 19.1 Å². The van der Waals surface area contributed by atoms with Crippen LogP contribution in [0.2, 0.25) is 0 Å². The van der Waals surface area contributed by atoms with Crippen LogP contribution in [-0.4, -0.2) is 43.2 Å². The van der Waals surface area contributed by atoms with Crippen molar-refractivity contribution in [1.29, 1.82) is 0 Å². The smallest absolute Gasteiger partial charge is 0.414 e. The number of cyclic esters (lactones) is 1. The molecule has 0 aromatic heterocycles. The van der Waals surface area contributed by atoms with Crippen molar-refractivity contribution in [2.75, 3.05) is 25.2 Å². The van der Waals surface area contributed by atoms with Crippen LogP contribution in [0.5, 0.6) is 5.75 Å². The van der Waals surface area contributed by atoms with Crippen LogP contribution in [0.25, 0.3) is 0 Å². The molecule has 0 spiro atoms. The molecule has 0 unspecified atom stereocenters. The van der Waals surface area contributed by atoms with Gasteiger partial charge in [-0.05, 0) is 35.7 Å². The lowest BCUT2D eigenvalue weighted by atomic mass is 10.0. The summed E-state index contributed by atoms with van der Waals surface area (Å²) < 4.78 is 10.4. The van der Waals surface area contributed by atoms with Gasteiger partial charge in [0.2, 0.25) is 5.91 Å². The molecule has 2 aliphatic heterocycles. The number of hydrogen-bond donors (Lipinski definition) is 0. The van der Waals surface area contributed by atoms with E-state index in [1.807, 2.05) is 53.4 Å². The van der Waals surface area contributed by atoms with Crippen molar-refractivity contribution in [3.05, 3.63) is 59.7 Å². The van der Waals surface area contributed by atoms with E-state index in [9.17, 15) is 9.59 Å². The number of rotatable bonds is 3. The van der Waals surface area contributed by atoms with E-state index in [1.54, 1.807) is 12.0 Å². The van der Waals surface area contributed by atoms with Crippen molar-refractivity contribution in [2.24, 2.45) is 0 Å². The Morgan fingerprint density at radius 3 is 2.74 bits per heavy atom. The van der Waals surface area contributed by atoms with Gasteiger partial charge < -0.3 is 14.4 Å². The highest BCUT2D eigenvalue weighted by atomic mass is 16.6. The molecule has 2 aromatic carbocycles. The third-order valence-electron chi connectivity index (χ3n) is 5.17. The first-order chi connectivity index (χ1) is 13.2. The predicted molar refractivity (Wildman–Crippen MR) is 101 cm³/mol. The Morgan fingerprint density at radius 2 is 1.96 bits per heavy atom. The standard InChI is InChI=1S/C21H22N2O4/c1-26-18-8-6-15(7-9-18)12-20(24)22-11-10-17-14-27-21(25)23(17)19-5-3-2-4-16(19)13-22/h2-9,17H,10-14H2,1H3/t17-/m0/s1. The Balaban J connectivity index is 1.55. The molecule has 1 saturated heterocycles. The second-order valence-corrected chi connectivity index (χ2v) is 6.86. The second-order valence-electron chi connectivity index (χ2n) is 6.86. The molecule has 0 N–H and O–H groups in total. The number of benzene rings is 2. The first-order valence-electron chi connectivity index (χ1n) is 9.10. The van der Waals surface area contributed by atoms with Crippen LogP contribution in [0.4, 0.5) is 10.5 Å². The van der Waals surface area contributed by atoms with E-state index in [-0.39, 0.29) is 18.0 Å². The molecule has 0 saturated carbocycles. The fourth-order valence-corrected chi connectivity index (χ4v) is 3.68. The maximum atomic E-state index is 12.9. The van der Waals surface area contributed by atoms with Crippen LogP contribution in [0.1, 0.15) is 17.5 Å². The number of ether oxygens (including phenoxy) is 2. The average molecular weight is 366 g/mol. The highest BCUT2D eigenvalue weighted by Crippen LogP contribution is 2.31. The van der Waals surface area contributed by atoms with Crippen LogP contribution in [0.15, 0.2) is 48.5 Å². The maximum Gasteiger partial charge on any atom is 0.414 e. The van der Waals surface area contributed by atoms with Crippen LogP contribution in [-0.2, 0) is 22.5 Å². The second kappa shape index (κ2) is 7.31. The summed E-state index contributed by atoms with van der Waals surface area (Å²) in [6.45, 7) is 1.45. The van der Waals surface area contributed by atoms with Gasteiger partial charge in [-0.25, -0.2) is 4.79 Å². The first-order valence-corrected chi connectivity index (χ1v) is 9.10. The van der Waals surface area contributed by atoms with E-state index < -0.39 is 0 Å². The van der Waals surface area contributed by atoms with E-state index in [2.05, 4.69) is 0 Å². The van der Waals surface area contributed by atoms with Gasteiger partial charge in [-0.15, -0.1) is 0 Å². The molecule has 1 fully saturated rings. The monoisotopic (exact) mass is 366 g/mol. The zero-order valence-corrected chi connectivity index (χ0v) is 15.3. The number of carbonyl (C=O) groups is 2. The molecule has 6 nitrogen and oxygen atoms in total. The zero-order chi connectivity index (χ0) is 18.8. The molecule has 2 amide bonds. The van der Waals surface area contributed by atoms with Crippen LogP contribution in [0.3, 0.4) is 0 Å². The fraction of sp³-hybridized carbons (Fsp3) is 0.333. The van der Waals surface area contributed by atoms with E-state index in [0.717, 1.165) is 22.6 Å². The molecule has 2 aliphatic rings. The van der Waals surface area contributed by atoms with Crippen molar-refractivity contribution in [3.8, 4) is 5.75 Å². The van der Waals surface area contributed by atoms with Gasteiger partial charge in [-0.2, -0.15) is 0 Å². The highest BCUT2D eigenvalue weighted by molar-refractivity contribution is 5.91. The number of carbonyl (C=O) groups excluding carboxylic acids is 2. The minimum Gasteiger partial charge on any atom is -0.497 e. The topological polar surface area (TPSA) is 59.1 Å². The molecule has 2 heterocycles. The van der Waals surface area contributed by atoms with Gasteiger partial charge >= 0.3 is 6.09 Å². The third-order valence-corrected chi connectivity index (χ3v) is 5.17. The Bertz CT molecular complexity index is 850. The van der Waals surface area contributed by atoms with E-state index in [1.165, 1.54) is 0 Å². The number of hydrogen-bond acceptors (Lipinski definition) is 4. The van der Waals surface area contributed by atoms with Crippen molar-refractivity contribution in [2.45, 2.75) is 25.4 Å². The number of nitrogens with zero attached hydrogens (tertiary/aromatic N) is 2. The van der Waals surface area contributed by atoms with Gasteiger partial charge in [0.25, 0.3) is 0 Å². The third kappa shape index (κ3) is 3.47. The molecule has 27 heavy (non-hydrogen) atoms. The summed E-state index contributed by atoms with van der Waals surface area (Å²) in [6, 6.07) is 15.3. The Morgan fingerprint density at radius 1 is 1.19 bits per heavy atom. The number of methoxy groups -OCH3 is 1. The quantitative estimate of drug-likeness (QED) is 0.838. The van der Waals surface area contributed by atoms with Gasteiger partial charge in [0.15, 0.2) is 0 Å². The van der Waals surface area contributed by atoms with Crippen LogP contribution < -0.4 is 9.64 Å². The molecular weight excluding hydrogens is 344 g/mol. The largest absolute Gasteiger partial charge is 0.497 e. The molecule has 0 radical (unpaired) electrons. The number of anilines is 1. The lowest BCUT2D eigenvalue weighted by molar-refractivity contribution is -0.131. The summed E-state index contributed by atoms with van der Waals surface area (Å²) >= 11 is 0. The lowest BCUT2D eigenvalue weighted by Crippen LogP contribution is -2.42. The molecule has 0 bridgehead atoms. The summed E-state index contributed by atoms with van der Waals surface area (Å²) in [5.41, 5.74) is 2.76. The summed E-state index contributed by atoms with van der Waals surface area (Å²) in [7, 11) is 1.62. The molecule has 2 aromatic rings. The minimum absolute atomic E-state index is 0.0322. The normalized spacial score (nSPS) is 18.9. The molecule has 140 valence electrons. The molecule has 6 heteroatoms. The van der Waals surface area contributed by atoms with Crippen molar-refractivity contribution in [3.63, 3.8) is 0 Å². The molecule has 1 atom stereocenters. The summed E-state index contributed by atoms with van der Waals surface area (Å²) in [5, 5.41) is 0. The SMILES string of the molecule is COc1ccc(CC(=O)N2CC[C@H]3COC(=O)N3c3ccccc3C2)cc1. The average Bonchev–Trinajstić information content (AvgIpc) is 3.03. The first kappa shape index (κ1) is 17.4. The Kier molecular flexibility index (Phi) is 4.71. The van der Waals surface area contributed by atoms with Crippen molar-refractivity contribution in [1.82, 2.24) is 4.90 Å².